The van der Waals surface area contributed by atoms with Crippen LogP contribution in [0.3, 0.4) is 0 Å². The molecular formula is C14H28N2. The maximum atomic E-state index is 6.12. The summed E-state index contributed by atoms with van der Waals surface area (Å²) >= 11 is 0. The lowest BCUT2D eigenvalue weighted by atomic mass is 9.78. The van der Waals surface area contributed by atoms with Crippen LogP contribution in [-0.2, 0) is 0 Å². The SMILES string of the molecule is CC1CCCC1(CN)N1CCC(C)(C)CC1. The summed E-state index contributed by atoms with van der Waals surface area (Å²) in [6, 6.07) is 0. The summed E-state index contributed by atoms with van der Waals surface area (Å²) in [5.74, 6) is 0.790. The molecule has 0 amide bonds. The molecule has 1 aliphatic heterocycles. The van der Waals surface area contributed by atoms with Gasteiger partial charge in [0, 0.05) is 12.1 Å². The fourth-order valence-corrected chi connectivity index (χ4v) is 3.69. The van der Waals surface area contributed by atoms with Gasteiger partial charge in [0.15, 0.2) is 0 Å². The smallest absolute Gasteiger partial charge is 0.0357 e. The van der Waals surface area contributed by atoms with Crippen LogP contribution >= 0.6 is 0 Å². The van der Waals surface area contributed by atoms with E-state index in [2.05, 4.69) is 25.7 Å². The van der Waals surface area contributed by atoms with E-state index in [0.717, 1.165) is 12.5 Å². The molecular weight excluding hydrogens is 196 g/mol. The highest BCUT2D eigenvalue weighted by Gasteiger charge is 2.45. The van der Waals surface area contributed by atoms with E-state index < -0.39 is 0 Å². The lowest BCUT2D eigenvalue weighted by molar-refractivity contribution is 0.0128. The Kier molecular flexibility index (Phi) is 3.33. The van der Waals surface area contributed by atoms with Crippen molar-refractivity contribution in [1.82, 2.24) is 4.90 Å². The van der Waals surface area contributed by atoms with Crippen LogP contribution in [0.4, 0.5) is 0 Å². The van der Waals surface area contributed by atoms with Crippen molar-refractivity contribution in [1.29, 1.82) is 0 Å². The summed E-state index contributed by atoms with van der Waals surface area (Å²) in [6.45, 7) is 10.6. The Morgan fingerprint density at radius 3 is 2.25 bits per heavy atom. The molecule has 2 atom stereocenters. The van der Waals surface area contributed by atoms with Crippen LogP contribution in [0.15, 0.2) is 0 Å². The molecule has 2 heteroatoms. The summed E-state index contributed by atoms with van der Waals surface area (Å²) in [4.78, 5) is 2.72. The molecule has 0 aromatic carbocycles. The van der Waals surface area contributed by atoms with E-state index >= 15 is 0 Å². The molecule has 0 radical (unpaired) electrons. The van der Waals surface area contributed by atoms with E-state index in [1.165, 1.54) is 45.2 Å². The zero-order valence-corrected chi connectivity index (χ0v) is 11.3. The van der Waals surface area contributed by atoms with Crippen molar-refractivity contribution in [2.75, 3.05) is 19.6 Å². The number of hydrogen-bond acceptors (Lipinski definition) is 2. The summed E-state index contributed by atoms with van der Waals surface area (Å²) < 4.78 is 0. The highest BCUT2D eigenvalue weighted by molar-refractivity contribution is 5.01. The molecule has 2 N–H and O–H groups in total. The Balaban J connectivity index is 2.06. The number of piperidine rings is 1. The standard InChI is InChI=1S/C14H28N2/c1-12-5-4-6-14(12,11-15)16-9-7-13(2,3)8-10-16/h12H,4-11,15H2,1-3H3. The Morgan fingerprint density at radius 1 is 1.19 bits per heavy atom. The molecule has 94 valence electrons. The number of hydrogen-bond donors (Lipinski definition) is 1. The minimum absolute atomic E-state index is 0.344. The molecule has 2 rings (SSSR count). The molecule has 2 aliphatic rings. The van der Waals surface area contributed by atoms with Crippen LogP contribution < -0.4 is 5.73 Å². The maximum absolute atomic E-state index is 6.12. The average Bonchev–Trinajstić information content (AvgIpc) is 2.61. The Hall–Kier alpha value is -0.0800. The van der Waals surface area contributed by atoms with Gasteiger partial charge in [0.1, 0.15) is 0 Å². The first-order valence-electron chi connectivity index (χ1n) is 6.95. The molecule has 1 aliphatic carbocycles. The van der Waals surface area contributed by atoms with E-state index in [9.17, 15) is 0 Å². The summed E-state index contributed by atoms with van der Waals surface area (Å²) in [6.07, 6.45) is 6.74. The van der Waals surface area contributed by atoms with Crippen molar-refractivity contribution in [2.45, 2.75) is 58.4 Å². The van der Waals surface area contributed by atoms with Gasteiger partial charge in [-0.05, 0) is 50.1 Å². The van der Waals surface area contributed by atoms with Gasteiger partial charge in [0.2, 0.25) is 0 Å². The van der Waals surface area contributed by atoms with Crippen molar-refractivity contribution < 1.29 is 0 Å². The third-order valence-electron chi connectivity index (χ3n) is 5.26. The topological polar surface area (TPSA) is 29.3 Å². The third kappa shape index (κ3) is 2.02. The van der Waals surface area contributed by atoms with Gasteiger partial charge in [0.05, 0.1) is 0 Å². The minimum atomic E-state index is 0.344. The second-order valence-corrected chi connectivity index (χ2v) is 6.75. The second kappa shape index (κ2) is 4.30. The zero-order chi connectivity index (χ0) is 11.8. The highest BCUT2D eigenvalue weighted by Crippen LogP contribution is 2.43. The van der Waals surface area contributed by atoms with Gasteiger partial charge in [-0.3, -0.25) is 4.90 Å². The Labute approximate surface area is 101 Å². The van der Waals surface area contributed by atoms with Gasteiger partial charge in [0.25, 0.3) is 0 Å². The number of nitrogens with two attached hydrogens (primary N) is 1. The molecule has 0 bridgehead atoms. The molecule has 2 fully saturated rings. The molecule has 0 spiro atoms. The molecule has 1 saturated heterocycles. The van der Waals surface area contributed by atoms with Gasteiger partial charge in [-0.1, -0.05) is 27.2 Å². The minimum Gasteiger partial charge on any atom is -0.329 e. The molecule has 1 heterocycles. The maximum Gasteiger partial charge on any atom is 0.0357 e. The van der Waals surface area contributed by atoms with Crippen LogP contribution in [-0.4, -0.2) is 30.1 Å². The van der Waals surface area contributed by atoms with Crippen molar-refractivity contribution >= 4 is 0 Å². The predicted molar refractivity (Wildman–Crippen MR) is 69.4 cm³/mol. The summed E-state index contributed by atoms with van der Waals surface area (Å²) in [5, 5.41) is 0. The normalized spacial score (nSPS) is 40.1. The van der Waals surface area contributed by atoms with Crippen molar-refractivity contribution in [3.05, 3.63) is 0 Å². The first kappa shape index (κ1) is 12.4. The fourth-order valence-electron chi connectivity index (χ4n) is 3.69. The van der Waals surface area contributed by atoms with Crippen LogP contribution in [0.5, 0.6) is 0 Å². The van der Waals surface area contributed by atoms with Crippen LogP contribution in [0.1, 0.15) is 52.9 Å². The van der Waals surface area contributed by atoms with Gasteiger partial charge >= 0.3 is 0 Å². The van der Waals surface area contributed by atoms with Gasteiger partial charge in [-0.15, -0.1) is 0 Å². The molecule has 1 saturated carbocycles. The summed E-state index contributed by atoms with van der Waals surface area (Å²) in [5.41, 5.74) is 7.01. The summed E-state index contributed by atoms with van der Waals surface area (Å²) in [7, 11) is 0. The highest BCUT2D eigenvalue weighted by atomic mass is 15.2. The van der Waals surface area contributed by atoms with E-state index in [0.29, 0.717) is 11.0 Å². The largest absolute Gasteiger partial charge is 0.329 e. The fraction of sp³-hybridized carbons (Fsp3) is 1.00. The molecule has 2 nitrogen and oxygen atoms in total. The number of likely N-dealkylation sites (tertiary alicyclic amines) is 1. The van der Waals surface area contributed by atoms with Crippen molar-refractivity contribution in [3.8, 4) is 0 Å². The second-order valence-electron chi connectivity index (χ2n) is 6.75. The van der Waals surface area contributed by atoms with Gasteiger partial charge < -0.3 is 5.73 Å². The zero-order valence-electron chi connectivity index (χ0n) is 11.3. The molecule has 0 aromatic heterocycles. The van der Waals surface area contributed by atoms with Crippen molar-refractivity contribution in [3.63, 3.8) is 0 Å². The average molecular weight is 224 g/mol. The van der Waals surface area contributed by atoms with E-state index in [1.54, 1.807) is 0 Å². The molecule has 2 unspecified atom stereocenters. The lowest BCUT2D eigenvalue weighted by Crippen LogP contribution is -2.58. The predicted octanol–water partition coefficient (Wildman–Crippen LogP) is 2.63. The first-order valence-corrected chi connectivity index (χ1v) is 6.95. The van der Waals surface area contributed by atoms with E-state index in [1.807, 2.05) is 0 Å². The van der Waals surface area contributed by atoms with E-state index in [-0.39, 0.29) is 0 Å². The third-order valence-corrected chi connectivity index (χ3v) is 5.26. The Morgan fingerprint density at radius 2 is 1.81 bits per heavy atom. The van der Waals surface area contributed by atoms with Crippen LogP contribution in [0, 0.1) is 11.3 Å². The van der Waals surface area contributed by atoms with Gasteiger partial charge in [-0.2, -0.15) is 0 Å². The quantitative estimate of drug-likeness (QED) is 0.781. The van der Waals surface area contributed by atoms with Gasteiger partial charge in [-0.25, -0.2) is 0 Å². The molecule has 0 aromatic rings. The molecule has 16 heavy (non-hydrogen) atoms. The van der Waals surface area contributed by atoms with Crippen molar-refractivity contribution in [2.24, 2.45) is 17.1 Å². The Bertz CT molecular complexity index is 239. The number of rotatable bonds is 2. The monoisotopic (exact) mass is 224 g/mol. The van der Waals surface area contributed by atoms with Crippen LogP contribution in [0.25, 0.3) is 0 Å². The first-order chi connectivity index (χ1) is 7.50. The van der Waals surface area contributed by atoms with Crippen LogP contribution in [0.2, 0.25) is 0 Å². The lowest BCUT2D eigenvalue weighted by Gasteiger charge is -2.49. The van der Waals surface area contributed by atoms with E-state index in [4.69, 9.17) is 5.73 Å². The number of nitrogens with zero attached hydrogens (tertiary/aromatic N) is 1.